The van der Waals surface area contributed by atoms with Crippen LogP contribution in [0.4, 0.5) is 0 Å². The van der Waals surface area contributed by atoms with Crippen LogP contribution in [0.1, 0.15) is 16.1 Å². The number of rotatable bonds is 4. The third kappa shape index (κ3) is 2.94. The number of aryl methyl sites for hydroxylation is 1. The van der Waals surface area contributed by atoms with Crippen molar-refractivity contribution in [3.05, 3.63) is 36.7 Å². The van der Waals surface area contributed by atoms with Gasteiger partial charge in [0.15, 0.2) is 0 Å². The summed E-state index contributed by atoms with van der Waals surface area (Å²) in [5, 5.41) is 10.3. The summed E-state index contributed by atoms with van der Waals surface area (Å²) in [4.78, 5) is 1.31. The van der Waals surface area contributed by atoms with Gasteiger partial charge in [-0.05, 0) is 44.8 Å². The van der Waals surface area contributed by atoms with Crippen molar-refractivity contribution in [1.82, 2.24) is 15.5 Å². The summed E-state index contributed by atoms with van der Waals surface area (Å²) in [6.07, 6.45) is 1.86. The first-order valence-electron chi connectivity index (χ1n) is 4.80. The van der Waals surface area contributed by atoms with Gasteiger partial charge in [0.1, 0.15) is 0 Å². The molecule has 2 heterocycles. The Morgan fingerprint density at radius 1 is 1.44 bits per heavy atom. The van der Waals surface area contributed by atoms with Gasteiger partial charge in [0, 0.05) is 33.7 Å². The van der Waals surface area contributed by atoms with E-state index in [9.17, 15) is 0 Å². The second kappa shape index (κ2) is 5.44. The Labute approximate surface area is 115 Å². The van der Waals surface area contributed by atoms with E-state index in [0.717, 1.165) is 27.0 Å². The number of aromatic amines is 1. The molecule has 0 saturated carbocycles. The number of H-pyrrole nitrogens is 1. The lowest BCUT2D eigenvalue weighted by Crippen LogP contribution is -2.11. The van der Waals surface area contributed by atoms with Crippen LogP contribution in [0.5, 0.6) is 0 Å². The Morgan fingerprint density at radius 2 is 2.25 bits per heavy atom. The van der Waals surface area contributed by atoms with Crippen LogP contribution in [-0.2, 0) is 13.1 Å². The largest absolute Gasteiger partial charge is 0.308 e. The van der Waals surface area contributed by atoms with Gasteiger partial charge in [-0.3, -0.25) is 5.10 Å². The molecule has 6 heteroatoms. The van der Waals surface area contributed by atoms with Crippen molar-refractivity contribution in [2.45, 2.75) is 20.0 Å². The summed E-state index contributed by atoms with van der Waals surface area (Å²) in [6.45, 7) is 3.75. The van der Waals surface area contributed by atoms with Crippen LogP contribution in [0.2, 0.25) is 0 Å². The van der Waals surface area contributed by atoms with E-state index in [0.29, 0.717) is 0 Å². The van der Waals surface area contributed by atoms with Crippen molar-refractivity contribution in [3.63, 3.8) is 0 Å². The van der Waals surface area contributed by atoms with Gasteiger partial charge in [0.25, 0.3) is 0 Å². The highest BCUT2D eigenvalue weighted by molar-refractivity contribution is 9.13. The number of thiophene rings is 1. The van der Waals surface area contributed by atoms with Crippen molar-refractivity contribution < 1.29 is 0 Å². The fourth-order valence-electron chi connectivity index (χ4n) is 1.35. The average molecular weight is 365 g/mol. The van der Waals surface area contributed by atoms with Crippen LogP contribution in [0, 0.1) is 6.92 Å². The molecule has 0 aliphatic carbocycles. The first kappa shape index (κ1) is 12.3. The maximum absolute atomic E-state index is 3.99. The first-order valence-corrected chi connectivity index (χ1v) is 7.20. The van der Waals surface area contributed by atoms with E-state index in [1.807, 2.05) is 13.1 Å². The molecule has 2 N–H and O–H groups in total. The number of halogens is 2. The molecule has 0 spiro atoms. The molecule has 3 nitrogen and oxygen atoms in total. The molecule has 0 fully saturated rings. The molecule has 86 valence electrons. The smallest absolute Gasteiger partial charge is 0.0843 e. The fourth-order valence-corrected chi connectivity index (χ4v) is 3.50. The van der Waals surface area contributed by atoms with Gasteiger partial charge in [-0.1, -0.05) is 0 Å². The van der Waals surface area contributed by atoms with E-state index < -0.39 is 0 Å². The third-order valence-corrected chi connectivity index (χ3v) is 5.50. The minimum absolute atomic E-state index is 0.843. The Morgan fingerprint density at radius 3 is 2.81 bits per heavy atom. The van der Waals surface area contributed by atoms with E-state index in [-0.39, 0.29) is 0 Å². The predicted molar refractivity (Wildman–Crippen MR) is 73.6 cm³/mol. The lowest BCUT2D eigenvalue weighted by molar-refractivity contribution is 0.698. The number of hydrogen-bond donors (Lipinski definition) is 2. The van der Waals surface area contributed by atoms with Gasteiger partial charge in [0.05, 0.1) is 9.98 Å². The van der Waals surface area contributed by atoms with Crippen LogP contribution in [0.25, 0.3) is 0 Å². The molecule has 0 amide bonds. The van der Waals surface area contributed by atoms with Crippen molar-refractivity contribution in [1.29, 1.82) is 0 Å². The van der Waals surface area contributed by atoms with Crippen molar-refractivity contribution in [3.8, 4) is 0 Å². The lowest BCUT2D eigenvalue weighted by Gasteiger charge is -2.01. The van der Waals surface area contributed by atoms with Gasteiger partial charge in [-0.15, -0.1) is 11.3 Å². The van der Waals surface area contributed by atoms with Gasteiger partial charge in [-0.25, -0.2) is 0 Å². The standard InChI is InChI=1S/C10H11Br2N3S/c1-6-7(4-14-15-6)3-13-5-8-2-9(11)10(12)16-8/h2,4,13H,3,5H2,1H3,(H,14,15). The summed E-state index contributed by atoms with van der Waals surface area (Å²) >= 11 is 8.71. The fraction of sp³-hybridized carbons (Fsp3) is 0.300. The van der Waals surface area contributed by atoms with E-state index >= 15 is 0 Å². The van der Waals surface area contributed by atoms with Crippen LogP contribution in [0.3, 0.4) is 0 Å². The highest BCUT2D eigenvalue weighted by atomic mass is 79.9. The summed E-state index contributed by atoms with van der Waals surface area (Å²) in [5.74, 6) is 0. The van der Waals surface area contributed by atoms with Crippen molar-refractivity contribution >= 4 is 43.2 Å². The zero-order valence-electron chi connectivity index (χ0n) is 8.68. The third-order valence-electron chi connectivity index (χ3n) is 2.25. The number of nitrogens with one attached hydrogen (secondary N) is 2. The van der Waals surface area contributed by atoms with Crippen LogP contribution < -0.4 is 5.32 Å². The summed E-state index contributed by atoms with van der Waals surface area (Å²) in [7, 11) is 0. The molecule has 0 aliphatic rings. The Kier molecular flexibility index (Phi) is 4.18. The van der Waals surface area contributed by atoms with E-state index in [1.54, 1.807) is 11.3 Å². The second-order valence-corrected chi connectivity index (χ2v) is 6.77. The summed E-state index contributed by atoms with van der Waals surface area (Å²) in [5.41, 5.74) is 2.34. The Bertz CT molecular complexity index is 459. The average Bonchev–Trinajstić information content (AvgIpc) is 2.76. The topological polar surface area (TPSA) is 40.7 Å². The maximum atomic E-state index is 3.99. The minimum atomic E-state index is 0.843. The highest BCUT2D eigenvalue weighted by Gasteiger charge is 2.04. The van der Waals surface area contributed by atoms with E-state index in [2.05, 4.69) is 53.4 Å². The van der Waals surface area contributed by atoms with Crippen LogP contribution in [0.15, 0.2) is 20.5 Å². The van der Waals surface area contributed by atoms with Gasteiger partial charge in [-0.2, -0.15) is 5.10 Å². The molecule has 0 atom stereocenters. The molecule has 16 heavy (non-hydrogen) atoms. The van der Waals surface area contributed by atoms with E-state index in [1.165, 1.54) is 10.4 Å². The van der Waals surface area contributed by atoms with Crippen molar-refractivity contribution in [2.75, 3.05) is 0 Å². The number of aromatic nitrogens is 2. The molecule has 0 saturated heterocycles. The minimum Gasteiger partial charge on any atom is -0.308 e. The van der Waals surface area contributed by atoms with Gasteiger partial charge < -0.3 is 5.32 Å². The first-order chi connectivity index (χ1) is 7.66. The number of hydrogen-bond acceptors (Lipinski definition) is 3. The Balaban J connectivity index is 1.87. The van der Waals surface area contributed by atoms with E-state index in [4.69, 9.17) is 0 Å². The molecule has 0 aromatic carbocycles. The Hall–Kier alpha value is -0.170. The van der Waals surface area contributed by atoms with Crippen LogP contribution in [-0.4, -0.2) is 10.2 Å². The molecule has 2 aromatic heterocycles. The molecule has 0 unspecified atom stereocenters. The van der Waals surface area contributed by atoms with Gasteiger partial charge >= 0.3 is 0 Å². The molecule has 0 bridgehead atoms. The second-order valence-electron chi connectivity index (χ2n) is 3.46. The van der Waals surface area contributed by atoms with Crippen molar-refractivity contribution in [2.24, 2.45) is 0 Å². The molecule has 2 rings (SSSR count). The predicted octanol–water partition coefficient (Wildman–Crippen LogP) is 3.59. The molecule has 0 radical (unpaired) electrons. The normalized spacial score (nSPS) is 10.9. The van der Waals surface area contributed by atoms with Crippen LogP contribution >= 0.6 is 43.2 Å². The van der Waals surface area contributed by atoms with Gasteiger partial charge in [0.2, 0.25) is 0 Å². The maximum Gasteiger partial charge on any atom is 0.0843 e. The monoisotopic (exact) mass is 363 g/mol. The molecule has 2 aromatic rings. The summed E-state index contributed by atoms with van der Waals surface area (Å²) < 4.78 is 2.26. The summed E-state index contributed by atoms with van der Waals surface area (Å²) in [6, 6.07) is 2.13. The molecular formula is C10H11Br2N3S. The SMILES string of the molecule is Cc1[nH]ncc1CNCc1cc(Br)c(Br)s1. The number of nitrogens with zero attached hydrogens (tertiary/aromatic N) is 1. The lowest BCUT2D eigenvalue weighted by atomic mass is 10.2. The quantitative estimate of drug-likeness (QED) is 0.870. The zero-order chi connectivity index (χ0) is 11.5. The zero-order valence-corrected chi connectivity index (χ0v) is 12.7. The highest BCUT2D eigenvalue weighted by Crippen LogP contribution is 2.32. The molecule has 0 aliphatic heterocycles. The molecular weight excluding hydrogens is 354 g/mol.